The number of carbonyl (C=O) groups is 1. The first-order valence-corrected chi connectivity index (χ1v) is 5.51. The molecular weight excluding hydrogens is 204 g/mol. The first-order chi connectivity index (χ1) is 7.81. The van der Waals surface area contributed by atoms with Gasteiger partial charge in [0.1, 0.15) is 0 Å². The quantitative estimate of drug-likeness (QED) is 0.697. The maximum Gasteiger partial charge on any atom is 0.209 e. The Hall–Kier alpha value is -1.65. The first-order valence-electron chi connectivity index (χ1n) is 5.51. The zero-order chi connectivity index (χ0) is 11.4. The zero-order valence-electron chi connectivity index (χ0n) is 9.41. The molecule has 0 aromatic carbocycles. The highest BCUT2D eigenvalue weighted by Crippen LogP contribution is 2.18. The van der Waals surface area contributed by atoms with Gasteiger partial charge in [0, 0.05) is 32.4 Å². The number of nitrogens with zero attached hydrogens (tertiary/aromatic N) is 4. The lowest BCUT2D eigenvalue weighted by Crippen LogP contribution is -2.43. The number of hydrogen-bond acceptors (Lipinski definition) is 4. The molecule has 0 atom stereocenters. The van der Waals surface area contributed by atoms with Gasteiger partial charge in [-0.1, -0.05) is 0 Å². The number of anilines is 1. The van der Waals surface area contributed by atoms with E-state index in [0.29, 0.717) is 6.04 Å². The van der Waals surface area contributed by atoms with Crippen molar-refractivity contribution >= 4 is 12.2 Å². The molecule has 2 rings (SSSR count). The van der Waals surface area contributed by atoms with Crippen LogP contribution in [0.3, 0.4) is 0 Å². The molecule has 1 saturated heterocycles. The molecule has 86 valence electrons. The third-order valence-corrected chi connectivity index (χ3v) is 3.09. The number of amides is 1. The second kappa shape index (κ2) is 4.92. The smallest absolute Gasteiger partial charge is 0.209 e. The number of piperidine rings is 1. The van der Waals surface area contributed by atoms with E-state index in [-0.39, 0.29) is 0 Å². The van der Waals surface area contributed by atoms with Crippen LogP contribution in [0.5, 0.6) is 0 Å². The predicted molar refractivity (Wildman–Crippen MR) is 61.1 cm³/mol. The van der Waals surface area contributed by atoms with Gasteiger partial charge in [-0.3, -0.25) is 4.79 Å². The normalized spacial score (nSPS) is 17.2. The second-order valence-corrected chi connectivity index (χ2v) is 4.07. The summed E-state index contributed by atoms with van der Waals surface area (Å²) in [4.78, 5) is 14.6. The van der Waals surface area contributed by atoms with Crippen LogP contribution in [-0.4, -0.2) is 47.7 Å². The molecule has 0 unspecified atom stereocenters. The fourth-order valence-corrected chi connectivity index (χ4v) is 2.05. The molecule has 1 aliphatic rings. The zero-order valence-corrected chi connectivity index (χ0v) is 9.41. The highest BCUT2D eigenvalue weighted by molar-refractivity contribution is 5.47. The number of aromatic nitrogens is 2. The van der Waals surface area contributed by atoms with E-state index in [0.717, 1.165) is 38.2 Å². The van der Waals surface area contributed by atoms with E-state index in [1.807, 2.05) is 19.2 Å². The molecule has 0 bridgehead atoms. The molecule has 1 amide bonds. The average molecular weight is 220 g/mol. The Balaban J connectivity index is 1.93. The van der Waals surface area contributed by atoms with Crippen molar-refractivity contribution in [3.8, 4) is 0 Å². The Bertz CT molecular complexity index is 335. The Labute approximate surface area is 95.1 Å². The summed E-state index contributed by atoms with van der Waals surface area (Å²) in [5, 5.41) is 7.96. The van der Waals surface area contributed by atoms with Crippen molar-refractivity contribution in [2.75, 3.05) is 25.0 Å². The first kappa shape index (κ1) is 10.9. The maximum atomic E-state index is 10.6. The summed E-state index contributed by atoms with van der Waals surface area (Å²) in [7, 11) is 1.84. The molecular formula is C11H16N4O. The summed E-state index contributed by atoms with van der Waals surface area (Å²) >= 11 is 0. The van der Waals surface area contributed by atoms with E-state index in [1.54, 1.807) is 11.1 Å². The topological polar surface area (TPSA) is 49.3 Å². The third kappa shape index (κ3) is 2.29. The molecule has 0 aliphatic carbocycles. The van der Waals surface area contributed by atoms with Crippen LogP contribution in [-0.2, 0) is 4.79 Å². The van der Waals surface area contributed by atoms with Crippen LogP contribution in [0.15, 0.2) is 18.3 Å². The van der Waals surface area contributed by atoms with E-state index in [2.05, 4.69) is 15.1 Å². The maximum absolute atomic E-state index is 10.6. The average Bonchev–Trinajstić information content (AvgIpc) is 2.39. The highest BCUT2D eigenvalue weighted by atomic mass is 16.1. The van der Waals surface area contributed by atoms with Gasteiger partial charge in [0.25, 0.3) is 0 Å². The van der Waals surface area contributed by atoms with Crippen molar-refractivity contribution in [3.63, 3.8) is 0 Å². The van der Waals surface area contributed by atoms with E-state index >= 15 is 0 Å². The molecule has 0 N–H and O–H groups in total. The van der Waals surface area contributed by atoms with Crippen LogP contribution in [0.4, 0.5) is 5.82 Å². The Morgan fingerprint density at radius 3 is 2.81 bits per heavy atom. The van der Waals surface area contributed by atoms with Crippen LogP contribution in [0.1, 0.15) is 12.8 Å². The molecule has 5 nitrogen and oxygen atoms in total. The largest absolute Gasteiger partial charge is 0.355 e. The fraction of sp³-hybridized carbons (Fsp3) is 0.545. The van der Waals surface area contributed by atoms with Crippen LogP contribution in [0.25, 0.3) is 0 Å². The van der Waals surface area contributed by atoms with E-state index in [1.165, 1.54) is 0 Å². The molecule has 2 heterocycles. The summed E-state index contributed by atoms with van der Waals surface area (Å²) in [6.07, 6.45) is 4.57. The summed E-state index contributed by atoms with van der Waals surface area (Å²) in [5.74, 6) is 0.926. The molecule has 1 aliphatic heterocycles. The Kier molecular flexibility index (Phi) is 3.34. The Morgan fingerprint density at radius 1 is 1.50 bits per heavy atom. The van der Waals surface area contributed by atoms with Crippen molar-refractivity contribution in [1.29, 1.82) is 0 Å². The summed E-state index contributed by atoms with van der Waals surface area (Å²) in [6, 6.07) is 4.23. The molecule has 1 aromatic rings. The predicted octanol–water partition coefficient (Wildman–Crippen LogP) is 0.534. The van der Waals surface area contributed by atoms with E-state index in [9.17, 15) is 4.79 Å². The fourth-order valence-electron chi connectivity index (χ4n) is 2.05. The van der Waals surface area contributed by atoms with Gasteiger partial charge >= 0.3 is 0 Å². The molecule has 1 fully saturated rings. The van der Waals surface area contributed by atoms with Crippen LogP contribution < -0.4 is 4.90 Å². The summed E-state index contributed by atoms with van der Waals surface area (Å²) in [6.45, 7) is 1.86. The monoisotopic (exact) mass is 220 g/mol. The van der Waals surface area contributed by atoms with Gasteiger partial charge in [-0.25, -0.2) is 0 Å². The van der Waals surface area contributed by atoms with Gasteiger partial charge in [-0.15, -0.1) is 5.10 Å². The highest BCUT2D eigenvalue weighted by Gasteiger charge is 2.22. The van der Waals surface area contributed by atoms with Gasteiger partial charge in [-0.05, 0) is 25.0 Å². The van der Waals surface area contributed by atoms with Crippen molar-refractivity contribution in [1.82, 2.24) is 15.1 Å². The Morgan fingerprint density at radius 2 is 2.25 bits per heavy atom. The molecule has 16 heavy (non-hydrogen) atoms. The van der Waals surface area contributed by atoms with Gasteiger partial charge in [-0.2, -0.15) is 5.10 Å². The minimum atomic E-state index is 0.366. The minimum absolute atomic E-state index is 0.366. The number of hydrogen-bond donors (Lipinski definition) is 0. The lowest BCUT2D eigenvalue weighted by molar-refractivity contribution is -0.119. The van der Waals surface area contributed by atoms with E-state index < -0.39 is 0 Å². The van der Waals surface area contributed by atoms with E-state index in [4.69, 9.17) is 0 Å². The van der Waals surface area contributed by atoms with Crippen molar-refractivity contribution < 1.29 is 4.79 Å². The summed E-state index contributed by atoms with van der Waals surface area (Å²) < 4.78 is 0. The molecule has 0 saturated carbocycles. The molecule has 1 aromatic heterocycles. The van der Waals surface area contributed by atoms with Crippen molar-refractivity contribution in [2.24, 2.45) is 0 Å². The SMILES string of the molecule is CN(C=O)C1CCN(c2cccnn2)CC1. The van der Waals surface area contributed by atoms with Gasteiger partial charge in [0.15, 0.2) is 5.82 Å². The van der Waals surface area contributed by atoms with Gasteiger partial charge in [0.2, 0.25) is 6.41 Å². The van der Waals surface area contributed by atoms with Crippen LogP contribution >= 0.6 is 0 Å². The van der Waals surface area contributed by atoms with Crippen LogP contribution in [0, 0.1) is 0 Å². The van der Waals surface area contributed by atoms with Crippen LogP contribution in [0.2, 0.25) is 0 Å². The standard InChI is InChI=1S/C11H16N4O/c1-14(9-16)10-4-7-15(8-5-10)11-3-2-6-12-13-11/h2-3,6,9-10H,4-5,7-8H2,1H3. The molecule has 5 heteroatoms. The van der Waals surface area contributed by atoms with Crippen molar-refractivity contribution in [2.45, 2.75) is 18.9 Å². The number of carbonyl (C=O) groups excluding carboxylic acids is 1. The van der Waals surface area contributed by atoms with Gasteiger partial charge < -0.3 is 9.80 Å². The number of rotatable bonds is 3. The molecule has 0 radical (unpaired) electrons. The third-order valence-electron chi connectivity index (χ3n) is 3.09. The lowest BCUT2D eigenvalue weighted by atomic mass is 10.0. The van der Waals surface area contributed by atoms with Gasteiger partial charge in [0.05, 0.1) is 0 Å². The summed E-state index contributed by atoms with van der Waals surface area (Å²) in [5.41, 5.74) is 0. The second-order valence-electron chi connectivity index (χ2n) is 4.07. The molecule has 0 spiro atoms. The lowest BCUT2D eigenvalue weighted by Gasteiger charge is -2.35. The minimum Gasteiger partial charge on any atom is -0.355 e. The van der Waals surface area contributed by atoms with Crippen molar-refractivity contribution in [3.05, 3.63) is 18.3 Å².